The zero-order chi connectivity index (χ0) is 9.68. The fraction of sp³-hybridized carbons (Fsp3) is 0.400. The molecule has 0 saturated carbocycles. The summed E-state index contributed by atoms with van der Waals surface area (Å²) in [4.78, 5) is 0. The molecule has 0 amide bonds. The maximum atomic E-state index is 5.82. The van der Waals surface area contributed by atoms with Gasteiger partial charge >= 0.3 is 0 Å². The first kappa shape index (κ1) is 10.2. The van der Waals surface area contributed by atoms with E-state index in [9.17, 15) is 0 Å². The maximum Gasteiger partial charge on any atom is 0.162 e. The Hall–Kier alpha value is -0.890. The van der Waals surface area contributed by atoms with Crippen molar-refractivity contribution in [1.82, 2.24) is 0 Å². The van der Waals surface area contributed by atoms with Crippen LogP contribution in [0, 0.1) is 0 Å². The number of halogens is 1. The summed E-state index contributed by atoms with van der Waals surface area (Å²) in [6.07, 6.45) is 0.968. The fourth-order valence-corrected chi connectivity index (χ4v) is 1.14. The van der Waals surface area contributed by atoms with E-state index in [4.69, 9.17) is 21.1 Å². The minimum Gasteiger partial charge on any atom is -0.493 e. The fourth-order valence-electron chi connectivity index (χ4n) is 0.975. The smallest absolute Gasteiger partial charge is 0.162 e. The molecule has 72 valence electrons. The van der Waals surface area contributed by atoms with Gasteiger partial charge in [-0.15, -0.1) is 0 Å². The molecular formula is C10H13ClO2. The zero-order valence-corrected chi connectivity index (χ0v) is 8.60. The van der Waals surface area contributed by atoms with Gasteiger partial charge in [-0.1, -0.05) is 18.5 Å². The molecule has 0 aliphatic rings. The molecule has 0 unspecified atom stereocenters. The van der Waals surface area contributed by atoms with E-state index >= 15 is 0 Å². The average molecular weight is 201 g/mol. The lowest BCUT2D eigenvalue weighted by molar-refractivity contribution is 0.294. The first-order chi connectivity index (χ1) is 6.27. The maximum absolute atomic E-state index is 5.82. The summed E-state index contributed by atoms with van der Waals surface area (Å²) < 4.78 is 10.6. The highest BCUT2D eigenvalue weighted by Gasteiger charge is 2.03. The van der Waals surface area contributed by atoms with E-state index in [0.717, 1.165) is 12.2 Å². The second-order valence-electron chi connectivity index (χ2n) is 2.64. The van der Waals surface area contributed by atoms with E-state index in [1.807, 2.05) is 0 Å². The Morgan fingerprint density at radius 1 is 1.31 bits per heavy atom. The molecule has 0 N–H and O–H groups in total. The van der Waals surface area contributed by atoms with Gasteiger partial charge in [0.2, 0.25) is 0 Å². The first-order valence-corrected chi connectivity index (χ1v) is 4.62. The van der Waals surface area contributed by atoms with Crippen LogP contribution in [0.15, 0.2) is 18.2 Å². The van der Waals surface area contributed by atoms with E-state index < -0.39 is 0 Å². The van der Waals surface area contributed by atoms with Gasteiger partial charge in [-0.2, -0.15) is 0 Å². The monoisotopic (exact) mass is 200 g/mol. The van der Waals surface area contributed by atoms with Gasteiger partial charge in [0.25, 0.3) is 0 Å². The third-order valence-electron chi connectivity index (χ3n) is 1.59. The Bertz CT molecular complexity index is 274. The molecule has 0 saturated heterocycles. The SMILES string of the molecule is CCCOc1cc(Cl)ccc1OC. The largest absolute Gasteiger partial charge is 0.493 e. The van der Waals surface area contributed by atoms with Crippen molar-refractivity contribution < 1.29 is 9.47 Å². The van der Waals surface area contributed by atoms with Gasteiger partial charge in [0.05, 0.1) is 13.7 Å². The summed E-state index contributed by atoms with van der Waals surface area (Å²) in [6.45, 7) is 2.73. The van der Waals surface area contributed by atoms with Gasteiger partial charge in [0, 0.05) is 11.1 Å². The standard InChI is InChI=1S/C10H13ClO2/c1-3-6-13-10-7-8(11)4-5-9(10)12-2/h4-5,7H,3,6H2,1-2H3. The molecule has 3 heteroatoms. The first-order valence-electron chi connectivity index (χ1n) is 4.24. The molecule has 0 aliphatic carbocycles. The predicted molar refractivity (Wildman–Crippen MR) is 53.8 cm³/mol. The van der Waals surface area contributed by atoms with Crippen LogP contribution in [0.4, 0.5) is 0 Å². The van der Waals surface area contributed by atoms with Crippen molar-refractivity contribution in [2.24, 2.45) is 0 Å². The molecule has 1 aromatic carbocycles. The number of rotatable bonds is 4. The van der Waals surface area contributed by atoms with Crippen molar-refractivity contribution in [3.05, 3.63) is 23.2 Å². The number of hydrogen-bond donors (Lipinski definition) is 0. The molecule has 1 aromatic rings. The number of methoxy groups -OCH3 is 1. The van der Waals surface area contributed by atoms with Gasteiger partial charge in [-0.3, -0.25) is 0 Å². The number of benzene rings is 1. The Morgan fingerprint density at radius 3 is 2.69 bits per heavy atom. The van der Waals surface area contributed by atoms with Crippen LogP contribution in [-0.2, 0) is 0 Å². The molecule has 0 fully saturated rings. The highest BCUT2D eigenvalue weighted by Crippen LogP contribution is 2.29. The lowest BCUT2D eigenvalue weighted by Crippen LogP contribution is -1.97. The molecule has 2 nitrogen and oxygen atoms in total. The summed E-state index contributed by atoms with van der Waals surface area (Å²) in [6, 6.07) is 5.34. The molecule has 0 aliphatic heterocycles. The van der Waals surface area contributed by atoms with Crippen molar-refractivity contribution in [3.63, 3.8) is 0 Å². The second-order valence-corrected chi connectivity index (χ2v) is 3.08. The van der Waals surface area contributed by atoms with Crippen LogP contribution in [0.5, 0.6) is 11.5 Å². The van der Waals surface area contributed by atoms with Crippen LogP contribution in [0.3, 0.4) is 0 Å². The Kier molecular flexibility index (Phi) is 3.90. The van der Waals surface area contributed by atoms with E-state index in [-0.39, 0.29) is 0 Å². The lowest BCUT2D eigenvalue weighted by Gasteiger charge is -2.09. The van der Waals surface area contributed by atoms with Crippen LogP contribution in [0.25, 0.3) is 0 Å². The van der Waals surface area contributed by atoms with E-state index in [1.165, 1.54) is 0 Å². The molecule has 0 heterocycles. The molecule has 0 radical (unpaired) electrons. The molecule has 1 rings (SSSR count). The summed E-state index contributed by atoms with van der Waals surface area (Å²) in [5.74, 6) is 1.43. The van der Waals surface area contributed by atoms with Gasteiger partial charge in [0.15, 0.2) is 11.5 Å². The predicted octanol–water partition coefficient (Wildman–Crippen LogP) is 3.14. The number of hydrogen-bond acceptors (Lipinski definition) is 2. The molecule has 0 spiro atoms. The van der Waals surface area contributed by atoms with E-state index in [0.29, 0.717) is 17.4 Å². The van der Waals surface area contributed by atoms with Crippen LogP contribution in [0.2, 0.25) is 5.02 Å². The molecule has 13 heavy (non-hydrogen) atoms. The van der Waals surface area contributed by atoms with Crippen LogP contribution < -0.4 is 9.47 Å². The minimum atomic E-state index is 0.659. The normalized spacial score (nSPS) is 9.77. The van der Waals surface area contributed by atoms with E-state index in [1.54, 1.807) is 25.3 Å². The molecular weight excluding hydrogens is 188 g/mol. The summed E-state index contributed by atoms with van der Waals surface area (Å²) in [7, 11) is 1.61. The van der Waals surface area contributed by atoms with Crippen molar-refractivity contribution in [1.29, 1.82) is 0 Å². The molecule has 0 bridgehead atoms. The lowest BCUT2D eigenvalue weighted by atomic mass is 10.3. The number of ether oxygens (including phenoxy) is 2. The quantitative estimate of drug-likeness (QED) is 0.744. The molecule has 0 atom stereocenters. The van der Waals surface area contributed by atoms with Crippen LogP contribution in [-0.4, -0.2) is 13.7 Å². The van der Waals surface area contributed by atoms with Gasteiger partial charge < -0.3 is 9.47 Å². The third-order valence-corrected chi connectivity index (χ3v) is 1.82. The van der Waals surface area contributed by atoms with Crippen molar-refractivity contribution in [2.75, 3.05) is 13.7 Å². The Morgan fingerprint density at radius 2 is 2.08 bits per heavy atom. The van der Waals surface area contributed by atoms with E-state index in [2.05, 4.69) is 6.92 Å². The summed E-state index contributed by atoms with van der Waals surface area (Å²) >= 11 is 5.82. The topological polar surface area (TPSA) is 18.5 Å². The zero-order valence-electron chi connectivity index (χ0n) is 7.84. The average Bonchev–Trinajstić information content (AvgIpc) is 2.15. The Labute approximate surface area is 83.4 Å². The van der Waals surface area contributed by atoms with Crippen LogP contribution >= 0.6 is 11.6 Å². The highest BCUT2D eigenvalue weighted by atomic mass is 35.5. The van der Waals surface area contributed by atoms with Crippen molar-refractivity contribution >= 4 is 11.6 Å². The second kappa shape index (κ2) is 4.97. The Balaban J connectivity index is 2.81. The highest BCUT2D eigenvalue weighted by molar-refractivity contribution is 6.30. The molecule has 0 aromatic heterocycles. The van der Waals surface area contributed by atoms with Gasteiger partial charge in [-0.05, 0) is 18.6 Å². The third kappa shape index (κ3) is 2.81. The summed E-state index contributed by atoms with van der Waals surface area (Å²) in [5, 5.41) is 0.659. The van der Waals surface area contributed by atoms with Gasteiger partial charge in [0.1, 0.15) is 0 Å². The van der Waals surface area contributed by atoms with Crippen molar-refractivity contribution in [2.45, 2.75) is 13.3 Å². The van der Waals surface area contributed by atoms with Gasteiger partial charge in [-0.25, -0.2) is 0 Å². The summed E-state index contributed by atoms with van der Waals surface area (Å²) in [5.41, 5.74) is 0. The van der Waals surface area contributed by atoms with Crippen molar-refractivity contribution in [3.8, 4) is 11.5 Å². The minimum absolute atomic E-state index is 0.659. The van der Waals surface area contributed by atoms with Crippen LogP contribution in [0.1, 0.15) is 13.3 Å².